The zero-order valence-electron chi connectivity index (χ0n) is 11.1. The molecule has 0 aliphatic carbocycles. The van der Waals surface area contributed by atoms with E-state index in [1.807, 2.05) is 19.2 Å². The summed E-state index contributed by atoms with van der Waals surface area (Å²) in [5, 5.41) is 7.68. The van der Waals surface area contributed by atoms with Crippen LogP contribution in [0.15, 0.2) is 24.7 Å². The van der Waals surface area contributed by atoms with E-state index in [1.54, 1.807) is 17.1 Å². The highest BCUT2D eigenvalue weighted by Crippen LogP contribution is 2.04. The maximum absolute atomic E-state index is 4.53. The molecule has 18 heavy (non-hydrogen) atoms. The summed E-state index contributed by atoms with van der Waals surface area (Å²) in [5.41, 5.74) is 1.90. The van der Waals surface area contributed by atoms with Crippen LogP contribution in [0.2, 0.25) is 0 Å². The lowest BCUT2D eigenvalue weighted by molar-refractivity contribution is 0.547. The minimum atomic E-state index is 0.634. The standard InChI is InChI=1S/C13H19N5/c1-10(2)6-14-7-12-8-15-9-13(16-12)18-5-4-11(3)17-18/h4-5,8-10,14H,6-7H2,1-3H3. The number of nitrogens with one attached hydrogen (secondary N) is 1. The predicted molar refractivity (Wildman–Crippen MR) is 70.4 cm³/mol. The van der Waals surface area contributed by atoms with Crippen molar-refractivity contribution in [2.75, 3.05) is 6.54 Å². The van der Waals surface area contributed by atoms with Crippen LogP contribution in [0.3, 0.4) is 0 Å². The van der Waals surface area contributed by atoms with Crippen LogP contribution in [0.4, 0.5) is 0 Å². The van der Waals surface area contributed by atoms with E-state index < -0.39 is 0 Å². The number of aryl methyl sites for hydroxylation is 1. The van der Waals surface area contributed by atoms with E-state index in [0.29, 0.717) is 5.92 Å². The first kappa shape index (κ1) is 12.7. The Bertz CT molecular complexity index is 504. The average Bonchev–Trinajstić information content (AvgIpc) is 2.76. The van der Waals surface area contributed by atoms with Crippen molar-refractivity contribution < 1.29 is 0 Å². The second kappa shape index (κ2) is 5.73. The smallest absolute Gasteiger partial charge is 0.172 e. The third kappa shape index (κ3) is 3.37. The van der Waals surface area contributed by atoms with E-state index in [9.17, 15) is 0 Å². The van der Waals surface area contributed by atoms with Gasteiger partial charge in [-0.05, 0) is 25.5 Å². The molecule has 2 aromatic heterocycles. The van der Waals surface area contributed by atoms with Gasteiger partial charge in [-0.25, -0.2) is 9.67 Å². The van der Waals surface area contributed by atoms with Crippen LogP contribution in [-0.4, -0.2) is 26.3 Å². The molecule has 0 amide bonds. The van der Waals surface area contributed by atoms with Crippen molar-refractivity contribution in [2.24, 2.45) is 5.92 Å². The first-order valence-electron chi connectivity index (χ1n) is 6.19. The Morgan fingerprint density at radius 2 is 2.17 bits per heavy atom. The van der Waals surface area contributed by atoms with Gasteiger partial charge in [0.15, 0.2) is 5.82 Å². The zero-order valence-corrected chi connectivity index (χ0v) is 11.1. The second-order valence-electron chi connectivity index (χ2n) is 4.80. The number of aromatic nitrogens is 4. The molecule has 0 bridgehead atoms. The van der Waals surface area contributed by atoms with Crippen molar-refractivity contribution in [3.05, 3.63) is 36.0 Å². The van der Waals surface area contributed by atoms with Crippen molar-refractivity contribution in [1.29, 1.82) is 0 Å². The highest BCUT2D eigenvalue weighted by Gasteiger charge is 2.02. The maximum atomic E-state index is 4.53. The van der Waals surface area contributed by atoms with Crippen molar-refractivity contribution in [3.63, 3.8) is 0 Å². The summed E-state index contributed by atoms with van der Waals surface area (Å²) in [6.07, 6.45) is 5.40. The van der Waals surface area contributed by atoms with Gasteiger partial charge in [-0.15, -0.1) is 0 Å². The Labute approximate surface area is 107 Å². The van der Waals surface area contributed by atoms with Gasteiger partial charge >= 0.3 is 0 Å². The molecule has 2 heterocycles. The molecule has 0 fully saturated rings. The minimum Gasteiger partial charge on any atom is -0.311 e. The number of hydrogen-bond acceptors (Lipinski definition) is 4. The first-order valence-corrected chi connectivity index (χ1v) is 6.19. The van der Waals surface area contributed by atoms with Crippen LogP contribution in [0.5, 0.6) is 0 Å². The molecule has 0 spiro atoms. The Hall–Kier alpha value is -1.75. The molecule has 0 aliphatic heterocycles. The molecular formula is C13H19N5. The van der Waals surface area contributed by atoms with Gasteiger partial charge in [0, 0.05) is 18.9 Å². The van der Waals surface area contributed by atoms with Gasteiger partial charge in [-0.2, -0.15) is 5.10 Å². The van der Waals surface area contributed by atoms with Crippen LogP contribution >= 0.6 is 0 Å². The van der Waals surface area contributed by atoms with Crippen LogP contribution in [0, 0.1) is 12.8 Å². The minimum absolute atomic E-state index is 0.634. The lowest BCUT2D eigenvalue weighted by atomic mass is 10.2. The molecule has 2 aromatic rings. The molecule has 0 aliphatic rings. The molecule has 96 valence electrons. The normalized spacial score (nSPS) is 11.1. The molecule has 2 rings (SSSR count). The highest BCUT2D eigenvalue weighted by atomic mass is 15.3. The molecule has 0 atom stereocenters. The van der Waals surface area contributed by atoms with Crippen molar-refractivity contribution >= 4 is 0 Å². The third-order valence-electron chi connectivity index (χ3n) is 2.49. The van der Waals surface area contributed by atoms with Crippen LogP contribution in [0.25, 0.3) is 5.82 Å². The third-order valence-corrected chi connectivity index (χ3v) is 2.49. The Balaban J connectivity index is 2.05. The fraction of sp³-hybridized carbons (Fsp3) is 0.462. The van der Waals surface area contributed by atoms with E-state index in [0.717, 1.165) is 30.3 Å². The summed E-state index contributed by atoms with van der Waals surface area (Å²) < 4.78 is 1.74. The molecular weight excluding hydrogens is 226 g/mol. The Kier molecular flexibility index (Phi) is 4.04. The van der Waals surface area contributed by atoms with E-state index >= 15 is 0 Å². The lowest BCUT2D eigenvalue weighted by Crippen LogP contribution is -2.20. The van der Waals surface area contributed by atoms with E-state index in [1.165, 1.54) is 0 Å². The summed E-state index contributed by atoms with van der Waals surface area (Å²) in [6.45, 7) is 8.03. The molecule has 0 saturated carbocycles. The average molecular weight is 245 g/mol. The largest absolute Gasteiger partial charge is 0.311 e. The summed E-state index contributed by atoms with van der Waals surface area (Å²) in [4.78, 5) is 8.73. The summed E-state index contributed by atoms with van der Waals surface area (Å²) >= 11 is 0. The quantitative estimate of drug-likeness (QED) is 0.871. The van der Waals surface area contributed by atoms with Crippen LogP contribution in [0.1, 0.15) is 25.2 Å². The lowest BCUT2D eigenvalue weighted by Gasteiger charge is -2.07. The first-order chi connectivity index (χ1) is 8.65. The van der Waals surface area contributed by atoms with Gasteiger partial charge in [0.25, 0.3) is 0 Å². The highest BCUT2D eigenvalue weighted by molar-refractivity contribution is 5.19. The van der Waals surface area contributed by atoms with Gasteiger partial charge in [0.05, 0.1) is 17.6 Å². The van der Waals surface area contributed by atoms with Gasteiger partial charge in [0.1, 0.15) is 0 Å². The summed E-state index contributed by atoms with van der Waals surface area (Å²) in [7, 11) is 0. The summed E-state index contributed by atoms with van der Waals surface area (Å²) in [6, 6.07) is 1.95. The molecule has 0 radical (unpaired) electrons. The second-order valence-corrected chi connectivity index (χ2v) is 4.80. The van der Waals surface area contributed by atoms with Gasteiger partial charge in [-0.3, -0.25) is 4.98 Å². The molecule has 0 aromatic carbocycles. The van der Waals surface area contributed by atoms with Crippen LogP contribution in [-0.2, 0) is 6.54 Å². The summed E-state index contributed by atoms with van der Waals surface area (Å²) in [5.74, 6) is 1.39. The monoisotopic (exact) mass is 245 g/mol. The van der Waals surface area contributed by atoms with Crippen LogP contribution < -0.4 is 5.32 Å². The number of rotatable bonds is 5. The van der Waals surface area contributed by atoms with E-state index in [4.69, 9.17) is 0 Å². The van der Waals surface area contributed by atoms with Gasteiger partial charge in [0.2, 0.25) is 0 Å². The number of nitrogens with zero attached hydrogens (tertiary/aromatic N) is 4. The SMILES string of the molecule is Cc1ccn(-c2cncc(CNCC(C)C)n2)n1. The molecule has 0 saturated heterocycles. The van der Waals surface area contributed by atoms with Gasteiger partial charge < -0.3 is 5.32 Å². The molecule has 5 heteroatoms. The molecule has 1 N–H and O–H groups in total. The fourth-order valence-electron chi connectivity index (χ4n) is 1.62. The van der Waals surface area contributed by atoms with Crippen molar-refractivity contribution in [3.8, 4) is 5.82 Å². The Morgan fingerprint density at radius 3 is 2.83 bits per heavy atom. The number of hydrogen-bond donors (Lipinski definition) is 1. The fourth-order valence-corrected chi connectivity index (χ4v) is 1.62. The topological polar surface area (TPSA) is 55.6 Å². The predicted octanol–water partition coefficient (Wildman–Crippen LogP) is 1.72. The van der Waals surface area contributed by atoms with Crippen molar-refractivity contribution in [1.82, 2.24) is 25.1 Å². The Morgan fingerprint density at radius 1 is 1.33 bits per heavy atom. The van der Waals surface area contributed by atoms with E-state index in [-0.39, 0.29) is 0 Å². The molecule has 0 unspecified atom stereocenters. The van der Waals surface area contributed by atoms with Gasteiger partial charge in [-0.1, -0.05) is 13.8 Å². The zero-order chi connectivity index (χ0) is 13.0. The van der Waals surface area contributed by atoms with Crippen molar-refractivity contribution in [2.45, 2.75) is 27.3 Å². The maximum Gasteiger partial charge on any atom is 0.172 e. The van der Waals surface area contributed by atoms with E-state index in [2.05, 4.69) is 34.2 Å². The molecule has 5 nitrogen and oxygen atoms in total.